The Balaban J connectivity index is 1.48. The number of benzene rings is 1. The average molecular weight is 369 g/mol. The zero-order valence-corrected chi connectivity index (χ0v) is 16.1. The van der Waals surface area contributed by atoms with Gasteiger partial charge in [-0.2, -0.15) is 0 Å². The predicted molar refractivity (Wildman–Crippen MR) is 106 cm³/mol. The monoisotopic (exact) mass is 369 g/mol. The van der Waals surface area contributed by atoms with Crippen molar-refractivity contribution >= 4 is 17.6 Å². The van der Waals surface area contributed by atoms with E-state index in [1.807, 2.05) is 32.0 Å². The van der Waals surface area contributed by atoms with Gasteiger partial charge in [-0.15, -0.1) is 0 Å². The second-order valence-corrected chi connectivity index (χ2v) is 6.82. The highest BCUT2D eigenvalue weighted by molar-refractivity contribution is 5.94. The van der Waals surface area contributed by atoms with E-state index >= 15 is 0 Å². The third-order valence-electron chi connectivity index (χ3n) is 4.92. The number of aryl methyl sites for hydroxylation is 2. The number of fused-ring (bicyclic) bond motifs is 1. The molecule has 7 nitrogen and oxygen atoms in total. The Morgan fingerprint density at radius 2 is 2.15 bits per heavy atom. The maximum Gasteiger partial charge on any atom is 0.225 e. The first kappa shape index (κ1) is 18.9. The molecule has 1 aliphatic rings. The van der Waals surface area contributed by atoms with Gasteiger partial charge >= 0.3 is 0 Å². The van der Waals surface area contributed by atoms with Crippen molar-refractivity contribution in [3.8, 4) is 0 Å². The second kappa shape index (κ2) is 8.70. The normalized spacial score (nSPS) is 16.6. The zero-order chi connectivity index (χ0) is 19.2. The van der Waals surface area contributed by atoms with Crippen LogP contribution in [-0.4, -0.2) is 37.2 Å². The summed E-state index contributed by atoms with van der Waals surface area (Å²) in [5, 5.41) is 13.6. The molecule has 0 saturated heterocycles. The quantitative estimate of drug-likeness (QED) is 0.413. The van der Waals surface area contributed by atoms with Crippen LogP contribution in [0.2, 0.25) is 0 Å². The summed E-state index contributed by atoms with van der Waals surface area (Å²) in [6.45, 7) is 5.37. The molecule has 1 aliphatic heterocycles. The van der Waals surface area contributed by atoms with Crippen LogP contribution in [0.1, 0.15) is 41.3 Å². The van der Waals surface area contributed by atoms with Gasteiger partial charge in [0, 0.05) is 43.7 Å². The molecule has 7 heteroatoms. The van der Waals surface area contributed by atoms with Crippen LogP contribution in [0.5, 0.6) is 0 Å². The molecule has 0 fully saturated rings. The van der Waals surface area contributed by atoms with E-state index in [2.05, 4.69) is 32.2 Å². The number of nitrogens with zero attached hydrogens (tertiary/aromatic N) is 2. The Morgan fingerprint density at radius 1 is 1.33 bits per heavy atom. The van der Waals surface area contributed by atoms with E-state index in [0.717, 1.165) is 42.5 Å². The molecule has 1 amide bonds. The fraction of sp³-hybridized carbons (Fsp3) is 0.450. The lowest BCUT2D eigenvalue weighted by Crippen LogP contribution is -2.41. The first-order valence-corrected chi connectivity index (χ1v) is 9.33. The number of guanidine groups is 1. The first-order valence-electron chi connectivity index (χ1n) is 9.33. The van der Waals surface area contributed by atoms with E-state index in [9.17, 15) is 4.79 Å². The van der Waals surface area contributed by atoms with Crippen molar-refractivity contribution in [2.45, 2.75) is 39.0 Å². The number of anilines is 1. The van der Waals surface area contributed by atoms with Gasteiger partial charge in [-0.25, -0.2) is 0 Å². The van der Waals surface area contributed by atoms with Crippen molar-refractivity contribution in [1.29, 1.82) is 0 Å². The van der Waals surface area contributed by atoms with Crippen molar-refractivity contribution < 1.29 is 9.32 Å². The highest BCUT2D eigenvalue weighted by Gasteiger charge is 2.24. The molecule has 144 valence electrons. The molecule has 0 bridgehead atoms. The van der Waals surface area contributed by atoms with Gasteiger partial charge in [0.2, 0.25) is 5.91 Å². The Kier molecular flexibility index (Phi) is 6.11. The van der Waals surface area contributed by atoms with Crippen LogP contribution in [0.4, 0.5) is 5.69 Å². The molecule has 0 aliphatic carbocycles. The Bertz CT molecular complexity index is 808. The fourth-order valence-corrected chi connectivity index (χ4v) is 3.46. The minimum atomic E-state index is 0.0582. The Morgan fingerprint density at radius 3 is 2.89 bits per heavy atom. The van der Waals surface area contributed by atoms with Crippen molar-refractivity contribution in [1.82, 2.24) is 15.8 Å². The van der Waals surface area contributed by atoms with Crippen molar-refractivity contribution in [3.63, 3.8) is 0 Å². The van der Waals surface area contributed by atoms with E-state index in [-0.39, 0.29) is 11.8 Å². The summed E-state index contributed by atoms with van der Waals surface area (Å²) in [5.41, 5.74) is 4.22. The number of aliphatic imine (C=N–C) groups is 1. The van der Waals surface area contributed by atoms with E-state index in [1.54, 1.807) is 7.05 Å². The summed E-state index contributed by atoms with van der Waals surface area (Å²) < 4.78 is 5.20. The smallest absolute Gasteiger partial charge is 0.225 e. The van der Waals surface area contributed by atoms with Gasteiger partial charge in [0.05, 0.1) is 5.69 Å². The average Bonchev–Trinajstić information content (AvgIpc) is 2.98. The third kappa shape index (κ3) is 4.67. The number of carbonyl (C=O) groups excluding carboxylic acids is 1. The number of rotatable bonds is 6. The highest BCUT2D eigenvalue weighted by atomic mass is 16.5. The molecule has 1 atom stereocenters. The summed E-state index contributed by atoms with van der Waals surface area (Å²) >= 11 is 0. The summed E-state index contributed by atoms with van der Waals surface area (Å²) in [4.78, 5) is 16.2. The lowest BCUT2D eigenvalue weighted by Gasteiger charge is -2.26. The number of aromatic nitrogens is 1. The maximum absolute atomic E-state index is 11.9. The minimum Gasteiger partial charge on any atom is -0.361 e. The predicted octanol–water partition coefficient (Wildman–Crippen LogP) is 2.52. The molecule has 2 aromatic rings. The van der Waals surface area contributed by atoms with Crippen molar-refractivity contribution in [2.24, 2.45) is 4.99 Å². The van der Waals surface area contributed by atoms with Crippen LogP contribution >= 0.6 is 0 Å². The van der Waals surface area contributed by atoms with Gasteiger partial charge in [-0.3, -0.25) is 9.79 Å². The fourth-order valence-electron chi connectivity index (χ4n) is 3.46. The SMILES string of the molecule is CN=C(NCCCc1c(C)noc1C)NCC1CC(=O)Nc2ccccc21. The number of para-hydroxylation sites is 1. The molecule has 0 radical (unpaired) electrons. The molecular formula is C20H27N5O2. The molecular weight excluding hydrogens is 342 g/mol. The summed E-state index contributed by atoms with van der Waals surface area (Å²) in [5.74, 6) is 1.83. The molecule has 1 aromatic heterocycles. The van der Waals surface area contributed by atoms with E-state index in [4.69, 9.17) is 4.52 Å². The number of hydrogen-bond donors (Lipinski definition) is 3. The number of carbonyl (C=O) groups is 1. The molecule has 3 rings (SSSR count). The largest absolute Gasteiger partial charge is 0.361 e. The van der Waals surface area contributed by atoms with Crippen LogP contribution in [-0.2, 0) is 11.2 Å². The topological polar surface area (TPSA) is 91.6 Å². The summed E-state index contributed by atoms with van der Waals surface area (Å²) in [6, 6.07) is 7.96. The Labute approximate surface area is 159 Å². The second-order valence-electron chi connectivity index (χ2n) is 6.82. The molecule has 27 heavy (non-hydrogen) atoms. The molecule has 1 aromatic carbocycles. The minimum absolute atomic E-state index is 0.0582. The van der Waals surface area contributed by atoms with E-state index in [0.29, 0.717) is 13.0 Å². The highest BCUT2D eigenvalue weighted by Crippen LogP contribution is 2.31. The lowest BCUT2D eigenvalue weighted by atomic mass is 9.90. The van der Waals surface area contributed by atoms with Crippen LogP contribution in [0.3, 0.4) is 0 Å². The molecule has 0 spiro atoms. The van der Waals surface area contributed by atoms with Crippen molar-refractivity contribution in [3.05, 3.63) is 46.8 Å². The molecule has 3 N–H and O–H groups in total. The van der Waals surface area contributed by atoms with E-state index < -0.39 is 0 Å². The van der Waals surface area contributed by atoms with E-state index in [1.165, 1.54) is 11.1 Å². The summed E-state index contributed by atoms with van der Waals surface area (Å²) in [6.07, 6.45) is 2.35. The standard InChI is InChI=1S/C20H27N5O2/c1-13-16(14(2)27-25-13)8-6-10-22-20(21-3)23-12-15-11-19(26)24-18-9-5-4-7-17(15)18/h4-5,7,9,15H,6,8,10-12H2,1-3H3,(H,24,26)(H2,21,22,23). The Hall–Kier alpha value is -2.83. The maximum atomic E-state index is 11.9. The van der Waals surface area contributed by atoms with Gasteiger partial charge in [-0.05, 0) is 38.3 Å². The molecule has 2 heterocycles. The van der Waals surface area contributed by atoms with Crippen molar-refractivity contribution in [2.75, 3.05) is 25.5 Å². The molecule has 1 unspecified atom stereocenters. The summed E-state index contributed by atoms with van der Waals surface area (Å²) in [7, 11) is 1.76. The van der Waals surface area contributed by atoms with Gasteiger partial charge in [-0.1, -0.05) is 23.4 Å². The van der Waals surface area contributed by atoms with Crippen LogP contribution in [0, 0.1) is 13.8 Å². The van der Waals surface area contributed by atoms with Gasteiger partial charge in [0.25, 0.3) is 0 Å². The van der Waals surface area contributed by atoms with Gasteiger partial charge in [0.1, 0.15) is 5.76 Å². The van der Waals surface area contributed by atoms with Crippen LogP contribution in [0.25, 0.3) is 0 Å². The zero-order valence-electron chi connectivity index (χ0n) is 16.1. The number of amides is 1. The third-order valence-corrected chi connectivity index (χ3v) is 4.92. The van der Waals surface area contributed by atoms with Gasteiger partial charge in [0.15, 0.2) is 5.96 Å². The van der Waals surface area contributed by atoms with Crippen LogP contribution < -0.4 is 16.0 Å². The number of hydrogen-bond acceptors (Lipinski definition) is 4. The molecule has 0 saturated carbocycles. The van der Waals surface area contributed by atoms with Gasteiger partial charge < -0.3 is 20.5 Å². The van der Waals surface area contributed by atoms with Crippen LogP contribution in [0.15, 0.2) is 33.8 Å². The lowest BCUT2D eigenvalue weighted by molar-refractivity contribution is -0.116. The number of nitrogens with one attached hydrogen (secondary N) is 3. The first-order chi connectivity index (χ1) is 13.1.